The van der Waals surface area contributed by atoms with Gasteiger partial charge in [-0.3, -0.25) is 0 Å². The van der Waals surface area contributed by atoms with Crippen molar-refractivity contribution < 1.29 is 9.84 Å². The van der Waals surface area contributed by atoms with Crippen LogP contribution >= 0.6 is 0 Å². The van der Waals surface area contributed by atoms with Crippen LogP contribution in [0.4, 0.5) is 0 Å². The zero-order valence-corrected chi connectivity index (χ0v) is 11.7. The van der Waals surface area contributed by atoms with E-state index >= 15 is 0 Å². The van der Waals surface area contributed by atoms with Crippen molar-refractivity contribution in [2.75, 3.05) is 0 Å². The molecule has 1 aromatic heterocycles. The van der Waals surface area contributed by atoms with Crippen LogP contribution in [0, 0.1) is 6.92 Å². The van der Waals surface area contributed by atoms with Crippen molar-refractivity contribution in [3.63, 3.8) is 0 Å². The number of ether oxygens (including phenoxy) is 1. The fourth-order valence-corrected chi connectivity index (χ4v) is 2.66. The molecule has 0 amide bonds. The summed E-state index contributed by atoms with van der Waals surface area (Å²) in [5.41, 5.74) is 1.83. The van der Waals surface area contributed by atoms with E-state index in [1.165, 1.54) is 12.8 Å². The third kappa shape index (κ3) is 2.41. The lowest BCUT2D eigenvalue weighted by atomic mass is 10.1. The van der Waals surface area contributed by atoms with Gasteiger partial charge >= 0.3 is 0 Å². The lowest BCUT2D eigenvalue weighted by Gasteiger charge is -2.16. The smallest absolute Gasteiger partial charge is 0.171 e. The molecule has 3 rings (SSSR count). The maximum absolute atomic E-state index is 9.38. The number of aliphatic hydroxyl groups is 1. The van der Waals surface area contributed by atoms with Gasteiger partial charge in [-0.25, -0.2) is 0 Å². The summed E-state index contributed by atoms with van der Waals surface area (Å²) in [5.74, 6) is 2.68. The Kier molecular flexibility index (Phi) is 3.69. The Bertz CT molecular complexity index is 607. The van der Waals surface area contributed by atoms with E-state index in [0.29, 0.717) is 6.61 Å². The molecule has 0 spiro atoms. The van der Waals surface area contributed by atoms with E-state index in [1.807, 2.05) is 25.1 Å². The third-order valence-corrected chi connectivity index (χ3v) is 3.75. The summed E-state index contributed by atoms with van der Waals surface area (Å²) in [5, 5.41) is 17.8. The van der Waals surface area contributed by atoms with Crippen molar-refractivity contribution in [3.8, 4) is 5.75 Å². The highest BCUT2D eigenvalue weighted by atomic mass is 16.5. The Balaban J connectivity index is 1.79. The van der Waals surface area contributed by atoms with Crippen LogP contribution in [0.3, 0.4) is 0 Å². The van der Waals surface area contributed by atoms with Crippen molar-refractivity contribution in [3.05, 3.63) is 41.0 Å². The molecule has 106 valence electrons. The van der Waals surface area contributed by atoms with E-state index in [9.17, 15) is 5.11 Å². The summed E-state index contributed by atoms with van der Waals surface area (Å²) in [6.07, 6.45) is 3.36. The molecule has 5 heteroatoms. The lowest BCUT2D eigenvalue weighted by molar-refractivity contribution is 0.251. The first-order valence-corrected chi connectivity index (χ1v) is 7.02. The number of hydrogen-bond donors (Lipinski definition) is 1. The van der Waals surface area contributed by atoms with Gasteiger partial charge in [-0.2, -0.15) is 0 Å². The Labute approximate surface area is 118 Å². The van der Waals surface area contributed by atoms with E-state index < -0.39 is 0 Å². The van der Waals surface area contributed by atoms with Crippen molar-refractivity contribution in [1.82, 2.24) is 14.8 Å². The topological polar surface area (TPSA) is 60.2 Å². The zero-order chi connectivity index (χ0) is 13.9. The number of benzene rings is 1. The van der Waals surface area contributed by atoms with E-state index in [-0.39, 0.29) is 6.61 Å². The molecule has 0 fully saturated rings. The molecule has 0 aliphatic carbocycles. The monoisotopic (exact) mass is 273 g/mol. The number of fused-ring (bicyclic) bond motifs is 1. The van der Waals surface area contributed by atoms with Gasteiger partial charge in [0.2, 0.25) is 0 Å². The van der Waals surface area contributed by atoms with Gasteiger partial charge < -0.3 is 14.4 Å². The fourth-order valence-electron chi connectivity index (χ4n) is 2.66. The van der Waals surface area contributed by atoms with Gasteiger partial charge in [0.1, 0.15) is 18.2 Å². The Morgan fingerprint density at radius 2 is 2.20 bits per heavy atom. The number of rotatable bonds is 4. The molecular weight excluding hydrogens is 254 g/mol. The maximum Gasteiger partial charge on any atom is 0.171 e. The minimum atomic E-state index is -0.0189. The van der Waals surface area contributed by atoms with Crippen LogP contribution in [-0.2, 0) is 26.2 Å². The summed E-state index contributed by atoms with van der Waals surface area (Å²) >= 11 is 0. The summed E-state index contributed by atoms with van der Waals surface area (Å²) < 4.78 is 8.04. The normalized spacial score (nSPS) is 14.1. The van der Waals surface area contributed by atoms with Gasteiger partial charge in [0.05, 0.1) is 6.61 Å². The molecule has 0 saturated heterocycles. The van der Waals surface area contributed by atoms with E-state index in [0.717, 1.165) is 41.5 Å². The van der Waals surface area contributed by atoms with Gasteiger partial charge in [-0.1, -0.05) is 18.2 Å². The predicted octanol–water partition coefficient (Wildman–Crippen LogP) is 1.99. The molecule has 1 aromatic carbocycles. The van der Waals surface area contributed by atoms with Crippen molar-refractivity contribution in [1.29, 1.82) is 0 Å². The summed E-state index contributed by atoms with van der Waals surface area (Å²) in [7, 11) is 0. The molecule has 0 atom stereocenters. The Morgan fingerprint density at radius 3 is 3.05 bits per heavy atom. The number of para-hydroxylation sites is 1. The van der Waals surface area contributed by atoms with Crippen LogP contribution in [0.25, 0.3) is 0 Å². The number of aromatic nitrogens is 3. The highest BCUT2D eigenvalue weighted by Gasteiger charge is 2.16. The molecule has 0 bridgehead atoms. The van der Waals surface area contributed by atoms with Crippen molar-refractivity contribution in [2.45, 2.75) is 45.9 Å². The quantitative estimate of drug-likeness (QED) is 0.925. The SMILES string of the molecule is Cc1cccc(CO)c1OCc1nnc2n1CCCC2. The highest BCUT2D eigenvalue weighted by Crippen LogP contribution is 2.24. The standard InChI is InChI=1S/C15H19N3O2/c1-11-5-4-6-12(9-19)15(11)20-10-14-17-16-13-7-2-3-8-18(13)14/h4-6,19H,2-3,7-10H2,1H3. The highest BCUT2D eigenvalue weighted by molar-refractivity contribution is 5.40. The van der Waals surface area contributed by atoms with E-state index in [1.54, 1.807) is 0 Å². The van der Waals surface area contributed by atoms with Gasteiger partial charge in [-0.15, -0.1) is 10.2 Å². The minimum Gasteiger partial charge on any atom is -0.485 e. The molecule has 1 aliphatic rings. The van der Waals surface area contributed by atoms with Gasteiger partial charge in [0.25, 0.3) is 0 Å². The van der Waals surface area contributed by atoms with Gasteiger partial charge in [0, 0.05) is 18.5 Å². The number of hydrogen-bond acceptors (Lipinski definition) is 4. The fraction of sp³-hybridized carbons (Fsp3) is 0.467. The molecule has 5 nitrogen and oxygen atoms in total. The number of aryl methyl sites for hydroxylation is 2. The van der Waals surface area contributed by atoms with Gasteiger partial charge in [0.15, 0.2) is 5.82 Å². The van der Waals surface area contributed by atoms with E-state index in [4.69, 9.17) is 4.74 Å². The van der Waals surface area contributed by atoms with E-state index in [2.05, 4.69) is 14.8 Å². The van der Waals surface area contributed by atoms with Crippen LogP contribution in [0.1, 0.15) is 35.6 Å². The third-order valence-electron chi connectivity index (χ3n) is 3.75. The molecular formula is C15H19N3O2. The van der Waals surface area contributed by atoms with Gasteiger partial charge in [-0.05, 0) is 25.3 Å². The second-order valence-electron chi connectivity index (χ2n) is 5.15. The van der Waals surface area contributed by atoms with Crippen LogP contribution < -0.4 is 4.74 Å². The Morgan fingerprint density at radius 1 is 1.30 bits per heavy atom. The second kappa shape index (κ2) is 5.63. The first-order valence-electron chi connectivity index (χ1n) is 7.02. The number of aliphatic hydroxyl groups excluding tert-OH is 1. The minimum absolute atomic E-state index is 0.0189. The van der Waals surface area contributed by atoms with Crippen molar-refractivity contribution >= 4 is 0 Å². The molecule has 2 heterocycles. The average Bonchev–Trinajstić information content (AvgIpc) is 2.89. The molecule has 0 radical (unpaired) electrons. The first kappa shape index (κ1) is 13.1. The van der Waals surface area contributed by atoms with Crippen molar-refractivity contribution in [2.24, 2.45) is 0 Å². The van der Waals surface area contributed by atoms with Crippen LogP contribution in [0.2, 0.25) is 0 Å². The molecule has 0 saturated carbocycles. The largest absolute Gasteiger partial charge is 0.485 e. The van der Waals surface area contributed by atoms with Crippen LogP contribution in [-0.4, -0.2) is 19.9 Å². The molecule has 2 aromatic rings. The molecule has 1 aliphatic heterocycles. The summed E-state index contributed by atoms with van der Waals surface area (Å²) in [6.45, 7) is 3.33. The maximum atomic E-state index is 9.38. The zero-order valence-electron chi connectivity index (χ0n) is 11.7. The summed E-state index contributed by atoms with van der Waals surface area (Å²) in [4.78, 5) is 0. The lowest BCUT2D eigenvalue weighted by Crippen LogP contribution is -2.15. The second-order valence-corrected chi connectivity index (χ2v) is 5.15. The Hall–Kier alpha value is -1.88. The molecule has 1 N–H and O–H groups in total. The van der Waals surface area contributed by atoms with Crippen LogP contribution in [0.5, 0.6) is 5.75 Å². The summed E-state index contributed by atoms with van der Waals surface area (Å²) in [6, 6.07) is 5.78. The molecule has 0 unspecified atom stereocenters. The van der Waals surface area contributed by atoms with Crippen LogP contribution in [0.15, 0.2) is 18.2 Å². The average molecular weight is 273 g/mol. The predicted molar refractivity (Wildman–Crippen MR) is 74.4 cm³/mol. The molecule has 20 heavy (non-hydrogen) atoms. The first-order chi connectivity index (χ1) is 9.79. The number of nitrogens with zero attached hydrogens (tertiary/aromatic N) is 3.